The van der Waals surface area contributed by atoms with E-state index >= 15 is 0 Å². The molecule has 2 unspecified atom stereocenters. The lowest BCUT2D eigenvalue weighted by Gasteiger charge is -2.45. The van der Waals surface area contributed by atoms with Gasteiger partial charge in [-0.15, -0.1) is 0 Å². The number of hydrogen-bond donors (Lipinski definition) is 1. The van der Waals surface area contributed by atoms with E-state index in [1.54, 1.807) is 7.11 Å². The molecule has 1 N–H and O–H groups in total. The van der Waals surface area contributed by atoms with Crippen LogP contribution >= 0.6 is 0 Å². The van der Waals surface area contributed by atoms with Gasteiger partial charge in [0.05, 0.1) is 26.3 Å². The molecular weight excluding hydrogens is 440 g/mol. The summed E-state index contributed by atoms with van der Waals surface area (Å²) in [5, 5.41) is 3.13. The lowest BCUT2D eigenvalue weighted by molar-refractivity contribution is -0.944. The molecule has 0 radical (unpaired) electrons. The maximum absolute atomic E-state index is 13.9. The third-order valence-electron chi connectivity index (χ3n) is 6.41. The van der Waals surface area contributed by atoms with Crippen molar-refractivity contribution in [3.63, 3.8) is 0 Å². The normalized spacial score (nSPS) is 20.4. The highest BCUT2D eigenvalue weighted by Crippen LogP contribution is 2.51. The average molecular weight is 467 g/mol. The van der Waals surface area contributed by atoms with Gasteiger partial charge in [-0.2, -0.15) is 0 Å². The molecule has 2 aliphatic heterocycles. The molecule has 3 aromatic carbocycles. The van der Waals surface area contributed by atoms with Gasteiger partial charge in [0.15, 0.2) is 17.5 Å². The minimum Gasteiger partial charge on any atom is -1.00 e. The molecule has 2 heterocycles. The first-order valence-electron chi connectivity index (χ1n) is 10.8. The molecule has 0 aliphatic carbocycles. The number of likely N-dealkylation sites (N-methyl/N-ethyl adjacent to an activating group) is 1. The summed E-state index contributed by atoms with van der Waals surface area (Å²) in [5.41, 5.74) is 3.92. The Labute approximate surface area is 200 Å². The average Bonchev–Trinajstić information content (AvgIpc) is 3.27. The lowest BCUT2D eigenvalue weighted by Crippen LogP contribution is -3.00. The fourth-order valence-electron chi connectivity index (χ4n) is 4.92. The monoisotopic (exact) mass is 466 g/mol. The van der Waals surface area contributed by atoms with E-state index in [9.17, 15) is 4.79 Å². The summed E-state index contributed by atoms with van der Waals surface area (Å²) >= 11 is 0. The van der Waals surface area contributed by atoms with E-state index in [1.165, 1.54) is 5.56 Å². The maximum Gasteiger partial charge on any atom is 0.287 e. The molecular formula is C26H27ClN2O4. The van der Waals surface area contributed by atoms with Gasteiger partial charge in [0.1, 0.15) is 6.54 Å². The number of carbonyl (C=O) groups is 1. The Balaban J connectivity index is 0.00000259. The van der Waals surface area contributed by atoms with Crippen molar-refractivity contribution in [3.8, 4) is 17.2 Å². The minimum atomic E-state index is -0.469. The number of ether oxygens (including phenoxy) is 3. The first kappa shape index (κ1) is 23.0. The number of carbonyl (C=O) groups excluding carboxylic acids is 1. The van der Waals surface area contributed by atoms with E-state index < -0.39 is 6.04 Å². The smallest absolute Gasteiger partial charge is 0.287 e. The number of anilines is 1. The van der Waals surface area contributed by atoms with Crippen LogP contribution in [0.2, 0.25) is 0 Å². The number of rotatable bonds is 5. The molecule has 3 aromatic rings. The van der Waals surface area contributed by atoms with Crippen LogP contribution in [0, 0.1) is 0 Å². The van der Waals surface area contributed by atoms with E-state index in [-0.39, 0.29) is 25.1 Å². The molecule has 0 aromatic heterocycles. The summed E-state index contributed by atoms with van der Waals surface area (Å²) in [7, 11) is 3.77. The van der Waals surface area contributed by atoms with E-state index in [4.69, 9.17) is 14.2 Å². The van der Waals surface area contributed by atoms with Gasteiger partial charge in [0.25, 0.3) is 5.91 Å². The predicted octanol–water partition coefficient (Wildman–Crippen LogP) is 1.31. The Hall–Kier alpha value is -3.22. The Morgan fingerprint density at radius 1 is 1.09 bits per heavy atom. The lowest BCUT2D eigenvalue weighted by atomic mass is 9.87. The summed E-state index contributed by atoms with van der Waals surface area (Å²) in [6, 6.07) is 21.4. The van der Waals surface area contributed by atoms with E-state index in [0.29, 0.717) is 21.7 Å². The standard InChI is InChI=1S/C26H26N2O4.ClH/c1-28(16-18-9-5-3-6-10-18)14-13-19-15-21-24(32-17-31-21)25(30-2)22(19)23(28)26(29)27-20-11-7-4-8-12-20;/h3-12,15,23H,13-14,16-17H2,1-2H3;1H. The molecule has 7 heteroatoms. The second-order valence-corrected chi connectivity index (χ2v) is 8.57. The Kier molecular flexibility index (Phi) is 6.49. The van der Waals surface area contributed by atoms with Crippen LogP contribution in [0.5, 0.6) is 17.2 Å². The molecule has 33 heavy (non-hydrogen) atoms. The largest absolute Gasteiger partial charge is 1.00 e. The summed E-state index contributed by atoms with van der Waals surface area (Å²) in [6.07, 6.45) is 0.820. The number of nitrogens with zero attached hydrogens (tertiary/aromatic N) is 1. The van der Waals surface area contributed by atoms with Gasteiger partial charge >= 0.3 is 0 Å². The SMILES string of the molecule is COc1c2c(cc3c1C(C(=O)Nc1ccccc1)[N+](C)(Cc1ccccc1)CC3)OCO2.[Cl-]. The number of hydrogen-bond acceptors (Lipinski definition) is 4. The van der Waals surface area contributed by atoms with E-state index in [1.807, 2.05) is 54.6 Å². The van der Waals surface area contributed by atoms with Crippen molar-refractivity contribution in [1.82, 2.24) is 0 Å². The number of benzene rings is 3. The maximum atomic E-state index is 13.9. The number of fused-ring (bicyclic) bond motifs is 2. The van der Waals surface area contributed by atoms with Crippen LogP contribution in [0.1, 0.15) is 22.7 Å². The summed E-state index contributed by atoms with van der Waals surface area (Å²) < 4.78 is 17.7. The van der Waals surface area contributed by atoms with Gasteiger partial charge in [-0.1, -0.05) is 48.5 Å². The number of amides is 1. The van der Waals surface area contributed by atoms with Crippen LogP contribution < -0.4 is 31.9 Å². The second-order valence-electron chi connectivity index (χ2n) is 8.57. The number of nitrogens with one attached hydrogen (secondary N) is 1. The van der Waals surface area contributed by atoms with Crippen molar-refractivity contribution < 1.29 is 35.9 Å². The van der Waals surface area contributed by atoms with Crippen LogP contribution in [-0.4, -0.2) is 37.9 Å². The second kappa shape index (κ2) is 9.33. The van der Waals surface area contributed by atoms with Crippen molar-refractivity contribution in [2.45, 2.75) is 19.0 Å². The van der Waals surface area contributed by atoms with Crippen molar-refractivity contribution in [1.29, 1.82) is 0 Å². The molecule has 0 saturated carbocycles. The van der Waals surface area contributed by atoms with Gasteiger partial charge in [-0.05, 0) is 23.8 Å². The number of quaternary nitrogens is 1. The number of halogens is 1. The van der Waals surface area contributed by atoms with Gasteiger partial charge in [0.2, 0.25) is 12.5 Å². The highest BCUT2D eigenvalue weighted by molar-refractivity contribution is 5.96. The number of methoxy groups -OCH3 is 1. The van der Waals surface area contributed by atoms with Crippen molar-refractivity contribution in [3.05, 3.63) is 83.4 Å². The van der Waals surface area contributed by atoms with Crippen molar-refractivity contribution >= 4 is 11.6 Å². The summed E-state index contributed by atoms with van der Waals surface area (Å²) in [5.74, 6) is 1.80. The van der Waals surface area contributed by atoms with Crippen molar-refractivity contribution in [2.24, 2.45) is 0 Å². The summed E-state index contributed by atoms with van der Waals surface area (Å²) in [6.45, 7) is 1.70. The van der Waals surface area contributed by atoms with Crippen LogP contribution in [0.15, 0.2) is 66.7 Å². The zero-order valence-electron chi connectivity index (χ0n) is 18.7. The Bertz CT molecular complexity index is 1140. The van der Waals surface area contributed by atoms with E-state index in [2.05, 4.69) is 24.5 Å². The third-order valence-corrected chi connectivity index (χ3v) is 6.41. The zero-order valence-corrected chi connectivity index (χ0v) is 19.5. The van der Waals surface area contributed by atoms with Crippen LogP contribution in [0.3, 0.4) is 0 Å². The molecule has 0 fully saturated rings. The first-order chi connectivity index (χ1) is 15.6. The molecule has 6 nitrogen and oxygen atoms in total. The molecule has 172 valence electrons. The van der Waals surface area contributed by atoms with Crippen LogP contribution in [0.25, 0.3) is 0 Å². The zero-order chi connectivity index (χ0) is 22.1. The molecule has 5 rings (SSSR count). The van der Waals surface area contributed by atoms with Crippen molar-refractivity contribution in [2.75, 3.05) is 32.8 Å². The van der Waals surface area contributed by atoms with Gasteiger partial charge in [-0.3, -0.25) is 4.79 Å². The Morgan fingerprint density at radius 3 is 2.48 bits per heavy atom. The minimum absolute atomic E-state index is 0. The Morgan fingerprint density at radius 2 is 1.79 bits per heavy atom. The summed E-state index contributed by atoms with van der Waals surface area (Å²) in [4.78, 5) is 13.9. The van der Waals surface area contributed by atoms with Gasteiger partial charge < -0.3 is 36.4 Å². The fraction of sp³-hybridized carbons (Fsp3) is 0.269. The highest BCUT2D eigenvalue weighted by Gasteiger charge is 2.47. The molecule has 0 bridgehead atoms. The van der Waals surface area contributed by atoms with Crippen LogP contribution in [0.4, 0.5) is 5.69 Å². The molecule has 1 amide bonds. The molecule has 0 saturated heterocycles. The predicted molar refractivity (Wildman–Crippen MR) is 122 cm³/mol. The molecule has 2 atom stereocenters. The van der Waals surface area contributed by atoms with Crippen LogP contribution in [-0.2, 0) is 17.8 Å². The number of para-hydroxylation sites is 1. The highest BCUT2D eigenvalue weighted by atomic mass is 35.5. The third kappa shape index (κ3) is 4.24. The van der Waals surface area contributed by atoms with Gasteiger partial charge in [0, 0.05) is 17.7 Å². The quantitative estimate of drug-likeness (QED) is 0.576. The van der Waals surface area contributed by atoms with Gasteiger partial charge in [-0.25, -0.2) is 0 Å². The molecule has 0 spiro atoms. The first-order valence-corrected chi connectivity index (χ1v) is 10.8. The van der Waals surface area contributed by atoms with E-state index in [0.717, 1.165) is 36.3 Å². The topological polar surface area (TPSA) is 56.8 Å². The fourth-order valence-corrected chi connectivity index (χ4v) is 4.92. The molecule has 2 aliphatic rings.